The zero-order valence-corrected chi connectivity index (χ0v) is 15.9. The second kappa shape index (κ2) is 9.12. The van der Waals surface area contributed by atoms with Gasteiger partial charge in [0.2, 0.25) is 5.75 Å². The molecule has 2 aromatic rings. The Kier molecular flexibility index (Phi) is 6.37. The molecular formula is C21H23NO6. The van der Waals surface area contributed by atoms with Crippen molar-refractivity contribution in [1.82, 2.24) is 5.32 Å². The van der Waals surface area contributed by atoms with Crippen LogP contribution in [-0.2, 0) is 16.0 Å². The highest BCUT2D eigenvalue weighted by Crippen LogP contribution is 2.40. The first kappa shape index (κ1) is 19.5. The highest BCUT2D eigenvalue weighted by molar-refractivity contribution is 5.98. The Morgan fingerprint density at radius 1 is 1.14 bits per heavy atom. The number of hydrogen-bond donors (Lipinski definition) is 1. The largest absolute Gasteiger partial charge is 0.493 e. The molecule has 0 bridgehead atoms. The molecule has 0 aromatic heterocycles. The van der Waals surface area contributed by atoms with Crippen molar-refractivity contribution in [1.29, 1.82) is 0 Å². The SMILES string of the molecule is CCOC(=O)C(Cc1ccccc1)NC(=O)c1cc(OC)c2c(c1)OCCO2. The number of amides is 1. The first-order valence-electron chi connectivity index (χ1n) is 9.11. The first-order valence-corrected chi connectivity index (χ1v) is 9.11. The van der Waals surface area contributed by atoms with E-state index in [9.17, 15) is 9.59 Å². The van der Waals surface area contributed by atoms with Crippen LogP contribution in [0.3, 0.4) is 0 Å². The Balaban J connectivity index is 1.82. The third kappa shape index (κ3) is 4.54. The molecule has 1 unspecified atom stereocenters. The van der Waals surface area contributed by atoms with E-state index in [0.29, 0.717) is 42.4 Å². The van der Waals surface area contributed by atoms with Crippen molar-refractivity contribution in [3.05, 3.63) is 53.6 Å². The zero-order chi connectivity index (χ0) is 19.9. The number of fused-ring (bicyclic) bond motifs is 1. The molecule has 1 N–H and O–H groups in total. The fourth-order valence-electron chi connectivity index (χ4n) is 2.93. The fourth-order valence-corrected chi connectivity index (χ4v) is 2.93. The van der Waals surface area contributed by atoms with Gasteiger partial charge in [-0.15, -0.1) is 0 Å². The van der Waals surface area contributed by atoms with Crippen LogP contribution in [0.4, 0.5) is 0 Å². The Hall–Kier alpha value is -3.22. The molecule has 0 radical (unpaired) electrons. The minimum Gasteiger partial charge on any atom is -0.493 e. The Labute approximate surface area is 163 Å². The fraction of sp³-hybridized carbons (Fsp3) is 0.333. The lowest BCUT2D eigenvalue weighted by molar-refractivity contribution is -0.145. The first-order chi connectivity index (χ1) is 13.6. The standard InChI is InChI=1S/C21H23NO6/c1-3-26-21(24)16(11-14-7-5-4-6-8-14)22-20(23)15-12-17(25-2)19-18(13-15)27-9-10-28-19/h4-8,12-13,16H,3,9-11H2,1-2H3,(H,22,23). The van der Waals surface area contributed by atoms with Gasteiger partial charge in [0.05, 0.1) is 13.7 Å². The van der Waals surface area contributed by atoms with E-state index >= 15 is 0 Å². The normalized spacial score (nSPS) is 13.4. The van der Waals surface area contributed by atoms with Crippen LogP contribution < -0.4 is 19.5 Å². The number of hydrogen-bond acceptors (Lipinski definition) is 6. The van der Waals surface area contributed by atoms with Crippen molar-refractivity contribution >= 4 is 11.9 Å². The molecule has 28 heavy (non-hydrogen) atoms. The van der Waals surface area contributed by atoms with Crippen molar-refractivity contribution in [2.75, 3.05) is 26.9 Å². The Bertz CT molecular complexity index is 819. The maximum Gasteiger partial charge on any atom is 0.328 e. The second-order valence-corrected chi connectivity index (χ2v) is 6.17. The van der Waals surface area contributed by atoms with E-state index in [1.54, 1.807) is 19.1 Å². The highest BCUT2D eigenvalue weighted by atomic mass is 16.6. The third-order valence-corrected chi connectivity index (χ3v) is 4.25. The van der Waals surface area contributed by atoms with Gasteiger partial charge in [-0.3, -0.25) is 4.79 Å². The summed E-state index contributed by atoms with van der Waals surface area (Å²) in [4.78, 5) is 25.2. The van der Waals surface area contributed by atoms with Gasteiger partial charge in [-0.2, -0.15) is 0 Å². The molecule has 1 aliphatic heterocycles. The summed E-state index contributed by atoms with van der Waals surface area (Å²) in [6, 6.07) is 11.8. The minimum absolute atomic E-state index is 0.234. The lowest BCUT2D eigenvalue weighted by Crippen LogP contribution is -2.43. The van der Waals surface area contributed by atoms with E-state index in [0.717, 1.165) is 5.56 Å². The summed E-state index contributed by atoms with van der Waals surface area (Å²) in [5, 5.41) is 2.76. The summed E-state index contributed by atoms with van der Waals surface area (Å²) in [5.41, 5.74) is 1.23. The number of benzene rings is 2. The molecule has 0 aliphatic carbocycles. The predicted molar refractivity (Wildman–Crippen MR) is 102 cm³/mol. The van der Waals surface area contributed by atoms with Gasteiger partial charge >= 0.3 is 5.97 Å². The van der Waals surface area contributed by atoms with E-state index in [1.165, 1.54) is 7.11 Å². The van der Waals surface area contributed by atoms with Crippen molar-refractivity contribution in [2.24, 2.45) is 0 Å². The Morgan fingerprint density at radius 2 is 1.89 bits per heavy atom. The molecule has 1 aliphatic rings. The number of carbonyl (C=O) groups excluding carboxylic acids is 2. The molecular weight excluding hydrogens is 362 g/mol. The lowest BCUT2D eigenvalue weighted by Gasteiger charge is -2.22. The van der Waals surface area contributed by atoms with Crippen LogP contribution in [0, 0.1) is 0 Å². The molecule has 1 heterocycles. The second-order valence-electron chi connectivity index (χ2n) is 6.17. The van der Waals surface area contributed by atoms with Crippen molar-refractivity contribution in [2.45, 2.75) is 19.4 Å². The molecule has 1 atom stereocenters. The van der Waals surface area contributed by atoms with Crippen molar-refractivity contribution in [3.8, 4) is 17.2 Å². The molecule has 2 aromatic carbocycles. The molecule has 7 heteroatoms. The van der Waals surface area contributed by atoms with Gasteiger partial charge in [0, 0.05) is 12.0 Å². The molecule has 0 fully saturated rings. The zero-order valence-electron chi connectivity index (χ0n) is 15.9. The van der Waals surface area contributed by atoms with Gasteiger partial charge < -0.3 is 24.3 Å². The van der Waals surface area contributed by atoms with Crippen LogP contribution in [0.1, 0.15) is 22.8 Å². The summed E-state index contributed by atoms with van der Waals surface area (Å²) in [6.45, 7) is 2.76. The molecule has 0 spiro atoms. The van der Waals surface area contributed by atoms with Gasteiger partial charge in [0.15, 0.2) is 11.5 Å². The van der Waals surface area contributed by atoms with E-state index in [2.05, 4.69) is 5.32 Å². The summed E-state index contributed by atoms with van der Waals surface area (Å²) in [7, 11) is 1.49. The van der Waals surface area contributed by atoms with Crippen LogP contribution in [0.15, 0.2) is 42.5 Å². The quantitative estimate of drug-likeness (QED) is 0.737. The molecule has 7 nitrogen and oxygen atoms in total. The number of esters is 1. The molecule has 0 saturated heterocycles. The van der Waals surface area contributed by atoms with E-state index in [-0.39, 0.29) is 6.61 Å². The van der Waals surface area contributed by atoms with Crippen LogP contribution in [-0.4, -0.2) is 44.8 Å². The van der Waals surface area contributed by atoms with Crippen LogP contribution in [0.25, 0.3) is 0 Å². The molecule has 148 valence electrons. The van der Waals surface area contributed by atoms with Gasteiger partial charge in [-0.05, 0) is 24.6 Å². The van der Waals surface area contributed by atoms with Crippen molar-refractivity contribution in [3.63, 3.8) is 0 Å². The van der Waals surface area contributed by atoms with Gasteiger partial charge in [-0.1, -0.05) is 30.3 Å². The smallest absolute Gasteiger partial charge is 0.328 e. The number of methoxy groups -OCH3 is 1. The van der Waals surface area contributed by atoms with Gasteiger partial charge in [0.25, 0.3) is 5.91 Å². The number of carbonyl (C=O) groups is 2. The lowest BCUT2D eigenvalue weighted by atomic mass is 10.1. The number of rotatable bonds is 7. The Morgan fingerprint density at radius 3 is 2.61 bits per heavy atom. The summed E-state index contributed by atoms with van der Waals surface area (Å²) in [6.07, 6.45) is 0.326. The van der Waals surface area contributed by atoms with E-state index in [1.807, 2.05) is 30.3 Å². The van der Waals surface area contributed by atoms with Gasteiger partial charge in [0.1, 0.15) is 19.3 Å². The monoisotopic (exact) mass is 385 g/mol. The van der Waals surface area contributed by atoms with E-state index in [4.69, 9.17) is 18.9 Å². The molecule has 1 amide bonds. The molecule has 0 saturated carbocycles. The van der Waals surface area contributed by atoms with Crippen LogP contribution in [0.2, 0.25) is 0 Å². The predicted octanol–water partition coefficient (Wildman–Crippen LogP) is 2.37. The topological polar surface area (TPSA) is 83.1 Å². The summed E-state index contributed by atoms with van der Waals surface area (Å²) >= 11 is 0. The van der Waals surface area contributed by atoms with Crippen molar-refractivity contribution < 1.29 is 28.5 Å². The number of ether oxygens (including phenoxy) is 4. The summed E-state index contributed by atoms with van der Waals surface area (Å²) < 4.78 is 21.6. The average molecular weight is 385 g/mol. The van der Waals surface area contributed by atoms with Crippen LogP contribution in [0.5, 0.6) is 17.2 Å². The molecule has 3 rings (SSSR count). The maximum atomic E-state index is 12.8. The average Bonchev–Trinajstić information content (AvgIpc) is 2.73. The van der Waals surface area contributed by atoms with Crippen LogP contribution >= 0.6 is 0 Å². The van der Waals surface area contributed by atoms with E-state index < -0.39 is 17.9 Å². The highest BCUT2D eigenvalue weighted by Gasteiger charge is 2.26. The maximum absolute atomic E-state index is 12.8. The minimum atomic E-state index is -0.811. The third-order valence-electron chi connectivity index (χ3n) is 4.25. The van der Waals surface area contributed by atoms with Gasteiger partial charge in [-0.25, -0.2) is 4.79 Å². The summed E-state index contributed by atoms with van der Waals surface area (Å²) in [5.74, 6) is 0.398. The number of nitrogens with one attached hydrogen (secondary N) is 1.